The average molecular weight is 329 g/mol. The van der Waals surface area contributed by atoms with E-state index in [1.165, 1.54) is 12.1 Å². The lowest BCUT2D eigenvalue weighted by Crippen LogP contribution is -2.51. The molecule has 6 nitrogen and oxygen atoms in total. The maximum atomic E-state index is 10.9. The van der Waals surface area contributed by atoms with E-state index in [0.29, 0.717) is 5.76 Å². The third-order valence-electron chi connectivity index (χ3n) is 4.77. The first kappa shape index (κ1) is 16.7. The van der Waals surface area contributed by atoms with Gasteiger partial charge in [-0.2, -0.15) is 0 Å². The predicted octanol–water partition coefficient (Wildman–Crippen LogP) is 3.41. The Hall–Kier alpha value is -2.18. The molecule has 2 aromatic rings. The van der Waals surface area contributed by atoms with Crippen LogP contribution in [-0.4, -0.2) is 29.0 Å². The van der Waals surface area contributed by atoms with Crippen LogP contribution in [0.2, 0.25) is 0 Å². The standard InChI is InChI=1S/C18H23N3O3/c1-18(2)12-20(9-8-17(18)19)11-15-6-7-16(24-15)13-4-3-5-14(10-13)21(22)23/h3-7,10,17H,8-9,11-12,19H2,1-2H3. The van der Waals surface area contributed by atoms with Gasteiger partial charge in [0.15, 0.2) is 0 Å². The molecule has 1 aliphatic rings. The lowest BCUT2D eigenvalue weighted by molar-refractivity contribution is -0.384. The molecule has 0 bridgehead atoms. The van der Waals surface area contributed by atoms with Crippen molar-refractivity contribution in [1.29, 1.82) is 0 Å². The highest BCUT2D eigenvalue weighted by Gasteiger charge is 2.33. The molecule has 0 saturated carbocycles. The smallest absolute Gasteiger partial charge is 0.270 e. The Morgan fingerprint density at radius 3 is 2.88 bits per heavy atom. The zero-order chi connectivity index (χ0) is 17.3. The van der Waals surface area contributed by atoms with Crippen LogP contribution in [-0.2, 0) is 6.54 Å². The summed E-state index contributed by atoms with van der Waals surface area (Å²) in [7, 11) is 0. The quantitative estimate of drug-likeness (QED) is 0.686. The molecule has 24 heavy (non-hydrogen) atoms. The summed E-state index contributed by atoms with van der Waals surface area (Å²) in [5.41, 5.74) is 7.06. The number of nitro groups is 1. The van der Waals surface area contributed by atoms with Crippen molar-refractivity contribution in [3.05, 3.63) is 52.3 Å². The number of benzene rings is 1. The molecule has 1 aromatic carbocycles. The molecule has 128 valence electrons. The van der Waals surface area contributed by atoms with E-state index in [4.69, 9.17) is 10.2 Å². The van der Waals surface area contributed by atoms with E-state index in [1.807, 2.05) is 18.2 Å². The van der Waals surface area contributed by atoms with Crippen LogP contribution in [0.25, 0.3) is 11.3 Å². The fraction of sp³-hybridized carbons (Fsp3) is 0.444. The summed E-state index contributed by atoms with van der Waals surface area (Å²) in [6.45, 7) is 7.00. The number of nitrogens with two attached hydrogens (primary N) is 1. The fourth-order valence-electron chi connectivity index (χ4n) is 3.23. The molecule has 1 atom stereocenters. The topological polar surface area (TPSA) is 85.5 Å². The first-order chi connectivity index (χ1) is 11.3. The number of hydrogen-bond acceptors (Lipinski definition) is 5. The summed E-state index contributed by atoms with van der Waals surface area (Å²) in [6.07, 6.45) is 0.978. The average Bonchev–Trinajstić information content (AvgIpc) is 2.99. The van der Waals surface area contributed by atoms with Crippen molar-refractivity contribution in [1.82, 2.24) is 4.90 Å². The van der Waals surface area contributed by atoms with Crippen LogP contribution < -0.4 is 5.73 Å². The molecule has 6 heteroatoms. The highest BCUT2D eigenvalue weighted by atomic mass is 16.6. The van der Waals surface area contributed by atoms with Gasteiger partial charge in [0.1, 0.15) is 11.5 Å². The number of likely N-dealkylation sites (tertiary alicyclic amines) is 1. The largest absolute Gasteiger partial charge is 0.460 e. The number of furan rings is 1. The summed E-state index contributed by atoms with van der Waals surface area (Å²) < 4.78 is 5.91. The third-order valence-corrected chi connectivity index (χ3v) is 4.77. The van der Waals surface area contributed by atoms with Crippen LogP contribution in [0.3, 0.4) is 0 Å². The van der Waals surface area contributed by atoms with Gasteiger partial charge < -0.3 is 10.2 Å². The minimum atomic E-state index is -0.396. The van der Waals surface area contributed by atoms with E-state index >= 15 is 0 Å². The summed E-state index contributed by atoms with van der Waals surface area (Å²) >= 11 is 0. The maximum Gasteiger partial charge on any atom is 0.270 e. The molecule has 3 rings (SSSR count). The van der Waals surface area contributed by atoms with Crippen molar-refractivity contribution >= 4 is 5.69 Å². The Morgan fingerprint density at radius 2 is 2.17 bits per heavy atom. The Bertz CT molecular complexity index is 739. The molecule has 1 saturated heterocycles. The van der Waals surface area contributed by atoms with E-state index in [-0.39, 0.29) is 17.1 Å². The van der Waals surface area contributed by atoms with Crippen molar-refractivity contribution in [3.8, 4) is 11.3 Å². The summed E-state index contributed by atoms with van der Waals surface area (Å²) in [5, 5.41) is 10.9. The van der Waals surface area contributed by atoms with Crippen LogP contribution in [0.1, 0.15) is 26.0 Å². The first-order valence-corrected chi connectivity index (χ1v) is 8.17. The first-order valence-electron chi connectivity index (χ1n) is 8.17. The molecule has 1 aliphatic heterocycles. The molecule has 2 N–H and O–H groups in total. The van der Waals surface area contributed by atoms with Gasteiger partial charge in [0.05, 0.1) is 11.5 Å². The van der Waals surface area contributed by atoms with Crippen LogP contribution in [0, 0.1) is 15.5 Å². The van der Waals surface area contributed by atoms with Crippen molar-refractivity contribution in [2.24, 2.45) is 11.1 Å². The highest BCUT2D eigenvalue weighted by molar-refractivity contribution is 5.61. The van der Waals surface area contributed by atoms with E-state index in [0.717, 1.165) is 37.4 Å². The predicted molar refractivity (Wildman–Crippen MR) is 92.4 cm³/mol. The molecule has 0 spiro atoms. The second-order valence-electron chi connectivity index (χ2n) is 7.17. The van der Waals surface area contributed by atoms with Gasteiger partial charge in [0.2, 0.25) is 0 Å². The summed E-state index contributed by atoms with van der Waals surface area (Å²) in [4.78, 5) is 12.8. The van der Waals surface area contributed by atoms with Gasteiger partial charge in [-0.3, -0.25) is 15.0 Å². The molecule has 0 aliphatic carbocycles. The monoisotopic (exact) mass is 329 g/mol. The third kappa shape index (κ3) is 3.49. The number of nitro benzene ring substituents is 1. The van der Waals surface area contributed by atoms with Crippen molar-refractivity contribution in [3.63, 3.8) is 0 Å². The minimum absolute atomic E-state index is 0.0669. The molecule has 0 amide bonds. The summed E-state index contributed by atoms with van der Waals surface area (Å²) in [6, 6.07) is 10.5. The lowest BCUT2D eigenvalue weighted by atomic mass is 9.80. The van der Waals surface area contributed by atoms with Crippen LogP contribution in [0.15, 0.2) is 40.8 Å². The van der Waals surface area contributed by atoms with Crippen molar-refractivity contribution in [2.75, 3.05) is 13.1 Å². The van der Waals surface area contributed by atoms with Crippen LogP contribution in [0.5, 0.6) is 0 Å². The molecule has 2 heterocycles. The second-order valence-corrected chi connectivity index (χ2v) is 7.17. The lowest BCUT2D eigenvalue weighted by Gasteiger charge is -2.42. The van der Waals surface area contributed by atoms with E-state index in [2.05, 4.69) is 18.7 Å². The molecule has 1 aromatic heterocycles. The number of piperidine rings is 1. The van der Waals surface area contributed by atoms with Gasteiger partial charge >= 0.3 is 0 Å². The number of non-ortho nitro benzene ring substituents is 1. The van der Waals surface area contributed by atoms with E-state index in [9.17, 15) is 10.1 Å². The fourth-order valence-corrected chi connectivity index (χ4v) is 3.23. The number of rotatable bonds is 4. The highest BCUT2D eigenvalue weighted by Crippen LogP contribution is 2.30. The number of hydrogen-bond donors (Lipinski definition) is 1. The molecule has 1 unspecified atom stereocenters. The van der Waals surface area contributed by atoms with Gasteiger partial charge in [-0.05, 0) is 24.0 Å². The maximum absolute atomic E-state index is 10.9. The minimum Gasteiger partial charge on any atom is -0.460 e. The van der Waals surface area contributed by atoms with Gasteiger partial charge in [-0.25, -0.2) is 0 Å². The Balaban J connectivity index is 1.72. The normalized spacial score (nSPS) is 20.9. The Labute approximate surface area is 141 Å². The van der Waals surface area contributed by atoms with Crippen LogP contribution in [0.4, 0.5) is 5.69 Å². The second kappa shape index (κ2) is 6.37. The SMILES string of the molecule is CC1(C)CN(Cc2ccc(-c3cccc([N+](=O)[O-])c3)o2)CCC1N. The zero-order valence-corrected chi connectivity index (χ0v) is 14.1. The van der Waals surface area contributed by atoms with E-state index < -0.39 is 4.92 Å². The number of nitrogens with zero attached hydrogens (tertiary/aromatic N) is 2. The van der Waals surface area contributed by atoms with Gasteiger partial charge in [0, 0.05) is 36.8 Å². The van der Waals surface area contributed by atoms with E-state index in [1.54, 1.807) is 6.07 Å². The molecular formula is C18H23N3O3. The molecule has 1 fully saturated rings. The van der Waals surface area contributed by atoms with Crippen LogP contribution >= 0.6 is 0 Å². The summed E-state index contributed by atoms with van der Waals surface area (Å²) in [5.74, 6) is 1.52. The van der Waals surface area contributed by atoms with Gasteiger partial charge in [-0.1, -0.05) is 26.0 Å². The Morgan fingerprint density at radius 1 is 1.38 bits per heavy atom. The zero-order valence-electron chi connectivity index (χ0n) is 14.1. The van der Waals surface area contributed by atoms with Gasteiger partial charge in [0.25, 0.3) is 5.69 Å². The molecular weight excluding hydrogens is 306 g/mol. The van der Waals surface area contributed by atoms with Gasteiger partial charge in [-0.15, -0.1) is 0 Å². The molecule has 0 radical (unpaired) electrons. The van der Waals surface area contributed by atoms with Crippen molar-refractivity contribution in [2.45, 2.75) is 32.9 Å². The van der Waals surface area contributed by atoms with Crippen molar-refractivity contribution < 1.29 is 9.34 Å². The Kier molecular flexibility index (Phi) is 4.43.